The Morgan fingerprint density at radius 1 is 1.21 bits per heavy atom. The molecule has 0 aliphatic rings. The fourth-order valence-electron chi connectivity index (χ4n) is 3.34. The van der Waals surface area contributed by atoms with Crippen LogP contribution in [0.2, 0.25) is 0 Å². The van der Waals surface area contributed by atoms with Crippen LogP contribution in [0.15, 0.2) is 47.6 Å². The van der Waals surface area contributed by atoms with Gasteiger partial charge in [0.15, 0.2) is 5.96 Å². The van der Waals surface area contributed by atoms with Gasteiger partial charge in [0.2, 0.25) is 0 Å². The number of aromatic nitrogens is 3. The third kappa shape index (κ3) is 5.27. The van der Waals surface area contributed by atoms with Gasteiger partial charge >= 0.3 is 0 Å². The van der Waals surface area contributed by atoms with Crippen molar-refractivity contribution < 1.29 is 0 Å². The number of halogens is 1. The van der Waals surface area contributed by atoms with E-state index in [9.17, 15) is 0 Å². The number of para-hydroxylation sites is 2. The van der Waals surface area contributed by atoms with Gasteiger partial charge in [-0.05, 0) is 44.5 Å². The third-order valence-electron chi connectivity index (χ3n) is 4.79. The molecule has 2 heterocycles. The molecule has 152 valence electrons. The van der Waals surface area contributed by atoms with Crippen LogP contribution in [-0.2, 0) is 20.1 Å². The summed E-state index contributed by atoms with van der Waals surface area (Å²) in [6.07, 6.45) is 3.05. The molecule has 0 bridgehead atoms. The quantitative estimate of drug-likeness (QED) is 0.236. The Labute approximate surface area is 184 Å². The maximum Gasteiger partial charge on any atom is 0.194 e. The molecule has 6 nitrogen and oxygen atoms in total. The van der Waals surface area contributed by atoms with Crippen LogP contribution < -0.4 is 5.32 Å². The summed E-state index contributed by atoms with van der Waals surface area (Å²) in [6.45, 7) is 7.58. The van der Waals surface area contributed by atoms with Gasteiger partial charge in [-0.15, -0.1) is 24.0 Å². The molecule has 2 aromatic heterocycles. The van der Waals surface area contributed by atoms with E-state index in [0.717, 1.165) is 49.9 Å². The highest BCUT2D eigenvalue weighted by Gasteiger charge is 2.09. The van der Waals surface area contributed by atoms with E-state index in [2.05, 4.69) is 88.8 Å². The Morgan fingerprint density at radius 3 is 2.71 bits per heavy atom. The monoisotopic (exact) mass is 494 g/mol. The van der Waals surface area contributed by atoms with Crippen molar-refractivity contribution in [2.75, 3.05) is 20.1 Å². The lowest BCUT2D eigenvalue weighted by atomic mass is 10.3. The van der Waals surface area contributed by atoms with Crippen molar-refractivity contribution in [1.29, 1.82) is 0 Å². The van der Waals surface area contributed by atoms with Crippen LogP contribution in [0.1, 0.15) is 24.9 Å². The molecule has 0 amide bonds. The molecule has 0 saturated heterocycles. The Morgan fingerprint density at radius 2 is 2.00 bits per heavy atom. The van der Waals surface area contributed by atoms with E-state index in [1.807, 2.05) is 6.07 Å². The van der Waals surface area contributed by atoms with E-state index in [0.29, 0.717) is 0 Å². The van der Waals surface area contributed by atoms with Crippen molar-refractivity contribution in [2.45, 2.75) is 33.4 Å². The number of hydrogen-bond acceptors (Lipinski definition) is 2. The first-order chi connectivity index (χ1) is 13.1. The Hall–Kier alpha value is -2.03. The molecule has 1 aromatic carbocycles. The van der Waals surface area contributed by atoms with Gasteiger partial charge in [0.25, 0.3) is 0 Å². The maximum absolute atomic E-state index is 4.82. The van der Waals surface area contributed by atoms with Gasteiger partial charge in [0, 0.05) is 45.6 Å². The first-order valence-corrected chi connectivity index (χ1v) is 9.61. The normalized spacial score (nSPS) is 11.5. The number of benzene rings is 1. The van der Waals surface area contributed by atoms with E-state index in [1.165, 1.54) is 11.2 Å². The smallest absolute Gasteiger partial charge is 0.194 e. The summed E-state index contributed by atoms with van der Waals surface area (Å²) in [5.41, 5.74) is 3.53. The van der Waals surface area contributed by atoms with Crippen molar-refractivity contribution in [2.24, 2.45) is 12.0 Å². The van der Waals surface area contributed by atoms with Crippen LogP contribution in [0.25, 0.3) is 11.0 Å². The summed E-state index contributed by atoms with van der Waals surface area (Å²) < 4.78 is 4.43. The number of nitrogens with zero attached hydrogens (tertiary/aromatic N) is 5. The molecule has 0 unspecified atom stereocenters. The van der Waals surface area contributed by atoms with E-state index in [-0.39, 0.29) is 24.0 Å². The maximum atomic E-state index is 4.82. The number of nitrogens with one attached hydrogen (secondary N) is 1. The average molecular weight is 494 g/mol. The second-order valence-corrected chi connectivity index (χ2v) is 6.86. The zero-order valence-corrected chi connectivity index (χ0v) is 19.6. The fourth-order valence-corrected chi connectivity index (χ4v) is 3.34. The SMILES string of the molecule is CCNC(=NCCCn1c(C)nc2ccccc21)N(C)Cc1cccn1C.I. The first kappa shape index (κ1) is 22.3. The topological polar surface area (TPSA) is 50.4 Å². The molecule has 0 fully saturated rings. The summed E-state index contributed by atoms with van der Waals surface area (Å²) >= 11 is 0. The van der Waals surface area contributed by atoms with Gasteiger partial charge in [-0.1, -0.05) is 12.1 Å². The number of fused-ring (bicyclic) bond motifs is 1. The van der Waals surface area contributed by atoms with Gasteiger partial charge < -0.3 is 19.4 Å². The Kier molecular flexibility index (Phi) is 8.35. The van der Waals surface area contributed by atoms with Crippen LogP contribution in [0, 0.1) is 6.92 Å². The number of aliphatic imine (C=N–C) groups is 1. The minimum Gasteiger partial charge on any atom is -0.357 e. The third-order valence-corrected chi connectivity index (χ3v) is 4.79. The van der Waals surface area contributed by atoms with Gasteiger partial charge in [-0.25, -0.2) is 4.98 Å². The van der Waals surface area contributed by atoms with Crippen molar-refractivity contribution in [3.8, 4) is 0 Å². The molecule has 0 atom stereocenters. The summed E-state index contributed by atoms with van der Waals surface area (Å²) in [4.78, 5) is 11.6. The fraction of sp³-hybridized carbons (Fsp3) is 0.429. The summed E-state index contributed by atoms with van der Waals surface area (Å²) in [7, 11) is 4.16. The van der Waals surface area contributed by atoms with Crippen molar-refractivity contribution in [3.05, 3.63) is 54.1 Å². The lowest BCUT2D eigenvalue weighted by Gasteiger charge is -2.22. The second kappa shape index (κ2) is 10.5. The van der Waals surface area contributed by atoms with Crippen LogP contribution in [-0.4, -0.2) is 45.1 Å². The average Bonchev–Trinajstić information content (AvgIpc) is 3.20. The number of rotatable bonds is 7. The predicted octanol–water partition coefficient (Wildman–Crippen LogP) is 3.79. The van der Waals surface area contributed by atoms with E-state index in [1.54, 1.807) is 0 Å². The molecular weight excluding hydrogens is 463 g/mol. The first-order valence-electron chi connectivity index (χ1n) is 9.61. The van der Waals surface area contributed by atoms with E-state index < -0.39 is 0 Å². The highest BCUT2D eigenvalue weighted by Crippen LogP contribution is 2.15. The summed E-state index contributed by atoms with van der Waals surface area (Å²) in [6, 6.07) is 12.5. The zero-order valence-electron chi connectivity index (χ0n) is 17.2. The Bertz CT molecular complexity index is 911. The van der Waals surface area contributed by atoms with E-state index >= 15 is 0 Å². The summed E-state index contributed by atoms with van der Waals surface area (Å²) in [5, 5.41) is 3.40. The number of guanidine groups is 1. The highest BCUT2D eigenvalue weighted by atomic mass is 127. The molecule has 0 aliphatic carbocycles. The van der Waals surface area contributed by atoms with Crippen LogP contribution in [0.3, 0.4) is 0 Å². The molecule has 0 aliphatic heterocycles. The largest absolute Gasteiger partial charge is 0.357 e. The minimum absolute atomic E-state index is 0. The predicted molar refractivity (Wildman–Crippen MR) is 127 cm³/mol. The molecule has 0 radical (unpaired) electrons. The van der Waals surface area contributed by atoms with Gasteiger partial charge in [0.1, 0.15) is 5.82 Å². The molecule has 7 heteroatoms. The Balaban J connectivity index is 0.00000280. The number of imidazole rings is 1. The lowest BCUT2D eigenvalue weighted by Crippen LogP contribution is -2.38. The lowest BCUT2D eigenvalue weighted by molar-refractivity contribution is 0.461. The summed E-state index contributed by atoms with van der Waals surface area (Å²) in [5.74, 6) is 2.01. The van der Waals surface area contributed by atoms with Crippen LogP contribution >= 0.6 is 24.0 Å². The molecular formula is C21H31IN6. The molecule has 3 rings (SSSR count). The number of hydrogen-bond donors (Lipinski definition) is 1. The van der Waals surface area contributed by atoms with Crippen LogP contribution in [0.4, 0.5) is 0 Å². The number of aryl methyl sites for hydroxylation is 3. The molecule has 28 heavy (non-hydrogen) atoms. The standard InChI is InChI=1S/C21H30N6.HI/c1-5-22-21(26(4)16-18-10-8-14-25(18)3)23-13-9-15-27-17(2)24-19-11-6-7-12-20(19)27;/h6-8,10-12,14H,5,9,13,15-16H2,1-4H3,(H,22,23);1H. The van der Waals surface area contributed by atoms with Crippen molar-refractivity contribution >= 4 is 41.0 Å². The second-order valence-electron chi connectivity index (χ2n) is 6.86. The molecule has 1 N–H and O–H groups in total. The van der Waals surface area contributed by atoms with E-state index in [4.69, 9.17) is 4.99 Å². The van der Waals surface area contributed by atoms with Gasteiger partial charge in [-0.3, -0.25) is 4.99 Å². The molecule has 0 saturated carbocycles. The highest BCUT2D eigenvalue weighted by molar-refractivity contribution is 14.0. The van der Waals surface area contributed by atoms with Crippen molar-refractivity contribution in [1.82, 2.24) is 24.3 Å². The minimum atomic E-state index is 0. The molecule has 0 spiro atoms. The van der Waals surface area contributed by atoms with Crippen molar-refractivity contribution in [3.63, 3.8) is 0 Å². The van der Waals surface area contributed by atoms with Crippen LogP contribution in [0.5, 0.6) is 0 Å². The molecule has 3 aromatic rings. The van der Waals surface area contributed by atoms with Gasteiger partial charge in [-0.2, -0.15) is 0 Å². The zero-order chi connectivity index (χ0) is 19.2. The van der Waals surface area contributed by atoms with Gasteiger partial charge in [0.05, 0.1) is 17.6 Å².